The highest BCUT2D eigenvalue weighted by Gasteiger charge is 2.22. The normalized spacial score (nSPS) is 13.6. The Labute approximate surface area is 172 Å². The van der Waals surface area contributed by atoms with Gasteiger partial charge >= 0.3 is 0 Å². The third-order valence-electron chi connectivity index (χ3n) is 4.81. The fraction of sp³-hybridized carbons (Fsp3) is 0.391. The summed E-state index contributed by atoms with van der Waals surface area (Å²) >= 11 is 0. The number of aliphatic imine (C=N–C) groups is 1. The van der Waals surface area contributed by atoms with Gasteiger partial charge in [-0.25, -0.2) is 0 Å². The van der Waals surface area contributed by atoms with E-state index < -0.39 is 0 Å². The second-order valence-electron chi connectivity index (χ2n) is 7.23. The summed E-state index contributed by atoms with van der Waals surface area (Å²) in [6, 6.07) is 18.1. The van der Waals surface area contributed by atoms with Gasteiger partial charge in [0.2, 0.25) is 5.91 Å². The highest BCUT2D eigenvalue weighted by Crippen LogP contribution is 2.30. The predicted molar refractivity (Wildman–Crippen MR) is 116 cm³/mol. The Morgan fingerprint density at radius 2 is 1.79 bits per heavy atom. The first-order chi connectivity index (χ1) is 14.2. The summed E-state index contributed by atoms with van der Waals surface area (Å²) in [6.07, 6.45) is 3.35. The Hall–Kier alpha value is -3.02. The van der Waals surface area contributed by atoms with Crippen molar-refractivity contribution in [1.29, 1.82) is 0 Å². The second kappa shape index (κ2) is 11.1. The van der Waals surface area contributed by atoms with Crippen molar-refractivity contribution in [3.63, 3.8) is 0 Å². The van der Waals surface area contributed by atoms with E-state index in [0.29, 0.717) is 25.0 Å². The first kappa shape index (κ1) is 20.7. The lowest BCUT2D eigenvalue weighted by atomic mass is 10.1. The van der Waals surface area contributed by atoms with Gasteiger partial charge in [0, 0.05) is 25.7 Å². The molecule has 6 heteroatoms. The Kier molecular flexibility index (Phi) is 7.92. The molecule has 0 saturated heterocycles. The number of rotatable bonds is 10. The molecule has 1 saturated carbocycles. The van der Waals surface area contributed by atoms with E-state index in [2.05, 4.69) is 33.1 Å². The van der Waals surface area contributed by atoms with E-state index in [0.717, 1.165) is 24.3 Å². The van der Waals surface area contributed by atoms with Gasteiger partial charge in [-0.3, -0.25) is 9.79 Å². The van der Waals surface area contributed by atoms with Crippen molar-refractivity contribution < 1.29 is 9.53 Å². The molecule has 2 aromatic carbocycles. The van der Waals surface area contributed by atoms with Gasteiger partial charge in [0.25, 0.3) is 0 Å². The Bertz CT molecular complexity index is 804. The van der Waals surface area contributed by atoms with Crippen molar-refractivity contribution in [2.75, 3.05) is 26.7 Å². The van der Waals surface area contributed by atoms with Crippen LogP contribution in [0.3, 0.4) is 0 Å². The van der Waals surface area contributed by atoms with Crippen LogP contribution in [0.15, 0.2) is 59.6 Å². The SMILES string of the molecule is CN=C(NCC(=O)NCCc1ccccc1)NCc1ccccc1OCC1CC1. The van der Waals surface area contributed by atoms with Crippen LogP contribution in [0, 0.1) is 5.92 Å². The molecular weight excluding hydrogens is 364 g/mol. The quantitative estimate of drug-likeness (QED) is 0.428. The van der Waals surface area contributed by atoms with Gasteiger partial charge in [0.1, 0.15) is 5.75 Å². The minimum absolute atomic E-state index is 0.0583. The monoisotopic (exact) mass is 394 g/mol. The minimum atomic E-state index is -0.0583. The van der Waals surface area contributed by atoms with E-state index in [1.165, 1.54) is 18.4 Å². The molecule has 154 valence electrons. The van der Waals surface area contributed by atoms with Gasteiger partial charge in [-0.15, -0.1) is 0 Å². The van der Waals surface area contributed by atoms with Gasteiger partial charge in [-0.1, -0.05) is 48.5 Å². The van der Waals surface area contributed by atoms with Crippen LogP contribution in [-0.2, 0) is 17.8 Å². The van der Waals surface area contributed by atoms with Gasteiger partial charge < -0.3 is 20.7 Å². The molecule has 0 atom stereocenters. The van der Waals surface area contributed by atoms with Crippen molar-refractivity contribution in [1.82, 2.24) is 16.0 Å². The lowest BCUT2D eigenvalue weighted by molar-refractivity contribution is -0.119. The maximum Gasteiger partial charge on any atom is 0.239 e. The second-order valence-corrected chi connectivity index (χ2v) is 7.23. The Morgan fingerprint density at radius 1 is 1.03 bits per heavy atom. The molecule has 1 aliphatic carbocycles. The van der Waals surface area contributed by atoms with Gasteiger partial charge in [0.05, 0.1) is 13.2 Å². The largest absolute Gasteiger partial charge is 0.493 e. The van der Waals surface area contributed by atoms with Crippen molar-refractivity contribution in [2.24, 2.45) is 10.9 Å². The summed E-state index contributed by atoms with van der Waals surface area (Å²) < 4.78 is 5.94. The van der Waals surface area contributed by atoms with Crippen LogP contribution in [0.5, 0.6) is 5.75 Å². The fourth-order valence-electron chi connectivity index (χ4n) is 2.90. The Balaban J connectivity index is 1.37. The molecule has 0 aliphatic heterocycles. The average Bonchev–Trinajstić information content (AvgIpc) is 3.58. The maximum absolute atomic E-state index is 12.1. The zero-order valence-electron chi connectivity index (χ0n) is 17.0. The number of hydrogen-bond donors (Lipinski definition) is 3. The summed E-state index contributed by atoms with van der Waals surface area (Å²) in [6.45, 7) is 2.15. The standard InChI is InChI=1S/C23H30N4O2/c1-24-23(27-16-22(28)25-14-13-18-7-3-2-4-8-18)26-15-20-9-5-6-10-21(20)29-17-19-11-12-19/h2-10,19H,11-17H2,1H3,(H,25,28)(H2,24,26,27). The van der Waals surface area contributed by atoms with Gasteiger partial charge in [0.15, 0.2) is 5.96 Å². The molecule has 3 rings (SSSR count). The summed E-state index contributed by atoms with van der Waals surface area (Å²) in [4.78, 5) is 16.3. The number of nitrogens with one attached hydrogen (secondary N) is 3. The first-order valence-electron chi connectivity index (χ1n) is 10.2. The Morgan fingerprint density at radius 3 is 2.55 bits per heavy atom. The highest BCUT2D eigenvalue weighted by atomic mass is 16.5. The third kappa shape index (κ3) is 7.49. The van der Waals surface area contributed by atoms with Crippen LogP contribution in [0.1, 0.15) is 24.0 Å². The van der Waals surface area contributed by atoms with Crippen LogP contribution in [0.4, 0.5) is 0 Å². The highest BCUT2D eigenvalue weighted by molar-refractivity contribution is 5.86. The van der Waals surface area contributed by atoms with Gasteiger partial charge in [-0.05, 0) is 36.8 Å². The number of carbonyl (C=O) groups excluding carboxylic acids is 1. The van der Waals surface area contributed by atoms with E-state index in [1.54, 1.807) is 7.05 Å². The smallest absolute Gasteiger partial charge is 0.239 e. The van der Waals surface area contributed by atoms with Gasteiger partial charge in [-0.2, -0.15) is 0 Å². The van der Waals surface area contributed by atoms with Crippen LogP contribution >= 0.6 is 0 Å². The summed E-state index contributed by atoms with van der Waals surface area (Å²) in [7, 11) is 1.69. The van der Waals surface area contributed by atoms with Crippen LogP contribution in [0.25, 0.3) is 0 Å². The number of nitrogens with zero attached hydrogens (tertiary/aromatic N) is 1. The zero-order valence-corrected chi connectivity index (χ0v) is 17.0. The van der Waals surface area contributed by atoms with Crippen LogP contribution < -0.4 is 20.7 Å². The summed E-state index contributed by atoms with van der Waals surface area (Å²) in [5.41, 5.74) is 2.28. The number of ether oxygens (including phenoxy) is 1. The summed E-state index contributed by atoms with van der Waals surface area (Å²) in [5, 5.41) is 9.22. The van der Waals surface area contributed by atoms with Crippen LogP contribution in [-0.4, -0.2) is 38.6 Å². The molecule has 1 amide bonds. The lowest BCUT2D eigenvalue weighted by Crippen LogP contribution is -2.43. The summed E-state index contributed by atoms with van der Waals surface area (Å²) in [5.74, 6) is 2.14. The first-order valence-corrected chi connectivity index (χ1v) is 10.2. The molecule has 2 aromatic rings. The van der Waals surface area contributed by atoms with E-state index in [1.807, 2.05) is 42.5 Å². The number of amides is 1. The molecule has 3 N–H and O–H groups in total. The molecule has 0 unspecified atom stereocenters. The molecule has 1 fully saturated rings. The predicted octanol–water partition coefficient (Wildman–Crippen LogP) is 2.50. The van der Waals surface area contributed by atoms with Crippen molar-refractivity contribution >= 4 is 11.9 Å². The van der Waals surface area contributed by atoms with Crippen LogP contribution in [0.2, 0.25) is 0 Å². The van der Waals surface area contributed by atoms with Crippen molar-refractivity contribution in [3.8, 4) is 5.75 Å². The lowest BCUT2D eigenvalue weighted by Gasteiger charge is -2.15. The van der Waals surface area contributed by atoms with Crippen molar-refractivity contribution in [2.45, 2.75) is 25.8 Å². The third-order valence-corrected chi connectivity index (χ3v) is 4.81. The molecule has 1 aliphatic rings. The maximum atomic E-state index is 12.1. The molecular formula is C23H30N4O2. The number of benzene rings is 2. The van der Waals surface area contributed by atoms with E-state index in [-0.39, 0.29) is 12.5 Å². The fourth-order valence-corrected chi connectivity index (χ4v) is 2.90. The number of guanidine groups is 1. The molecule has 6 nitrogen and oxygen atoms in total. The molecule has 0 bridgehead atoms. The molecule has 0 aromatic heterocycles. The number of hydrogen-bond acceptors (Lipinski definition) is 3. The number of carbonyl (C=O) groups is 1. The molecule has 0 radical (unpaired) electrons. The molecule has 0 spiro atoms. The van der Waals surface area contributed by atoms with E-state index in [9.17, 15) is 4.79 Å². The van der Waals surface area contributed by atoms with Crippen molar-refractivity contribution in [3.05, 3.63) is 65.7 Å². The topological polar surface area (TPSA) is 74.8 Å². The average molecular weight is 395 g/mol. The molecule has 29 heavy (non-hydrogen) atoms. The minimum Gasteiger partial charge on any atom is -0.493 e. The number of para-hydroxylation sites is 1. The van der Waals surface area contributed by atoms with E-state index >= 15 is 0 Å². The molecule has 0 heterocycles. The van der Waals surface area contributed by atoms with E-state index in [4.69, 9.17) is 4.74 Å². The zero-order chi connectivity index (χ0) is 20.3.